The van der Waals surface area contributed by atoms with Crippen LogP contribution in [0.3, 0.4) is 0 Å². The highest BCUT2D eigenvalue weighted by atomic mass is 16.2. The van der Waals surface area contributed by atoms with Crippen LogP contribution >= 0.6 is 0 Å². The van der Waals surface area contributed by atoms with E-state index in [4.69, 9.17) is 0 Å². The maximum absolute atomic E-state index is 12.4. The smallest absolute Gasteiger partial charge is 0.277 e. The monoisotopic (exact) mass is 265 g/mol. The van der Waals surface area contributed by atoms with Gasteiger partial charge in [-0.25, -0.2) is 0 Å². The van der Waals surface area contributed by atoms with Crippen molar-refractivity contribution in [2.75, 3.05) is 13.1 Å². The lowest BCUT2D eigenvalue weighted by Crippen LogP contribution is -2.35. The molecule has 0 unspecified atom stereocenters. The number of amides is 1. The molecule has 1 aliphatic heterocycles. The molecule has 4 nitrogen and oxygen atoms in total. The van der Waals surface area contributed by atoms with Gasteiger partial charge in [0.1, 0.15) is 11.5 Å². The van der Waals surface area contributed by atoms with Gasteiger partial charge < -0.3 is 0 Å². The first-order valence-electron chi connectivity index (χ1n) is 6.65. The van der Waals surface area contributed by atoms with Crippen LogP contribution in [0.1, 0.15) is 16.1 Å². The molecule has 20 heavy (non-hydrogen) atoms. The van der Waals surface area contributed by atoms with Crippen molar-refractivity contribution < 1.29 is 4.79 Å². The van der Waals surface area contributed by atoms with Crippen LogP contribution in [0, 0.1) is 0 Å². The molecule has 4 heteroatoms. The zero-order chi connectivity index (χ0) is 13.8. The first-order chi connectivity index (χ1) is 9.84. The largest absolute Gasteiger partial charge is 0.293 e. The summed E-state index contributed by atoms with van der Waals surface area (Å²) in [6, 6.07) is 15.4. The molecule has 0 saturated heterocycles. The number of hydrogen-bond donors (Lipinski definition) is 0. The van der Waals surface area contributed by atoms with E-state index in [1.165, 1.54) is 0 Å². The number of rotatable bonds is 3. The molecule has 0 aliphatic carbocycles. The van der Waals surface area contributed by atoms with Crippen LogP contribution in [0.15, 0.2) is 59.7 Å². The zero-order valence-corrected chi connectivity index (χ0v) is 11.1. The first-order valence-corrected chi connectivity index (χ1v) is 6.65. The second-order valence-corrected chi connectivity index (χ2v) is 4.63. The number of aliphatic imine (C=N–C) groups is 1. The van der Waals surface area contributed by atoms with Crippen molar-refractivity contribution in [2.45, 2.75) is 6.42 Å². The second kappa shape index (κ2) is 5.65. The number of nitrogens with zero attached hydrogens (tertiary/aromatic N) is 3. The lowest BCUT2D eigenvalue weighted by Gasteiger charge is -2.18. The molecule has 0 atom stereocenters. The van der Waals surface area contributed by atoms with Gasteiger partial charge in [-0.15, -0.1) is 0 Å². The fourth-order valence-electron chi connectivity index (χ4n) is 2.27. The molecule has 0 radical (unpaired) electrons. The van der Waals surface area contributed by atoms with Crippen molar-refractivity contribution in [3.8, 4) is 0 Å². The summed E-state index contributed by atoms with van der Waals surface area (Å²) in [6.07, 6.45) is 2.32. The Bertz CT molecular complexity index is 623. The van der Waals surface area contributed by atoms with Crippen LogP contribution in [0.4, 0.5) is 0 Å². The maximum Gasteiger partial charge on any atom is 0.277 e. The summed E-state index contributed by atoms with van der Waals surface area (Å²) in [6.45, 7) is 1.30. The Hall–Kier alpha value is -2.49. The van der Waals surface area contributed by atoms with Gasteiger partial charge in [-0.05, 0) is 17.7 Å². The highest BCUT2D eigenvalue weighted by Gasteiger charge is 2.25. The molecule has 1 amide bonds. The van der Waals surface area contributed by atoms with Crippen LogP contribution in [0.25, 0.3) is 0 Å². The Morgan fingerprint density at radius 1 is 1.10 bits per heavy atom. The van der Waals surface area contributed by atoms with Gasteiger partial charge in [-0.1, -0.05) is 36.4 Å². The van der Waals surface area contributed by atoms with Crippen molar-refractivity contribution in [1.29, 1.82) is 0 Å². The van der Waals surface area contributed by atoms with E-state index < -0.39 is 0 Å². The quantitative estimate of drug-likeness (QED) is 0.854. The molecular weight excluding hydrogens is 250 g/mol. The summed E-state index contributed by atoms with van der Waals surface area (Å²) in [4.78, 5) is 22.7. The average Bonchev–Trinajstić information content (AvgIpc) is 2.96. The maximum atomic E-state index is 12.4. The van der Waals surface area contributed by atoms with Crippen LogP contribution in [-0.2, 0) is 6.42 Å². The van der Waals surface area contributed by atoms with E-state index >= 15 is 0 Å². The Morgan fingerprint density at radius 3 is 2.65 bits per heavy atom. The van der Waals surface area contributed by atoms with Gasteiger partial charge >= 0.3 is 0 Å². The number of benzene rings is 1. The van der Waals surface area contributed by atoms with Gasteiger partial charge in [0.25, 0.3) is 5.91 Å². The zero-order valence-electron chi connectivity index (χ0n) is 11.1. The molecule has 1 aliphatic rings. The third-order valence-corrected chi connectivity index (χ3v) is 3.26. The van der Waals surface area contributed by atoms with E-state index in [0.29, 0.717) is 25.2 Å². The van der Waals surface area contributed by atoms with Crippen molar-refractivity contribution in [3.63, 3.8) is 0 Å². The predicted octanol–water partition coefficient (Wildman–Crippen LogP) is 2.18. The number of aromatic nitrogens is 1. The Balaban J connectivity index is 1.77. The average molecular weight is 265 g/mol. The van der Waals surface area contributed by atoms with E-state index in [9.17, 15) is 4.79 Å². The topological polar surface area (TPSA) is 45.6 Å². The highest BCUT2D eigenvalue weighted by molar-refractivity contribution is 6.06. The van der Waals surface area contributed by atoms with Crippen LogP contribution in [-0.4, -0.2) is 34.7 Å². The number of hydrogen-bond acceptors (Lipinski definition) is 3. The normalized spacial score (nSPS) is 14.2. The van der Waals surface area contributed by atoms with Crippen LogP contribution < -0.4 is 0 Å². The minimum atomic E-state index is -0.0715. The molecule has 0 bridgehead atoms. The van der Waals surface area contributed by atoms with E-state index in [-0.39, 0.29) is 5.91 Å². The molecule has 1 aromatic carbocycles. The number of pyridine rings is 1. The third kappa shape index (κ3) is 2.59. The molecular formula is C16H15N3O. The molecule has 3 rings (SSSR count). The molecule has 0 fully saturated rings. The fourth-order valence-corrected chi connectivity index (χ4v) is 2.27. The van der Waals surface area contributed by atoms with E-state index in [0.717, 1.165) is 11.4 Å². The Morgan fingerprint density at radius 2 is 1.90 bits per heavy atom. The molecule has 2 heterocycles. The molecule has 2 aromatic rings. The minimum absolute atomic E-state index is 0.0715. The minimum Gasteiger partial charge on any atom is -0.293 e. The molecule has 1 aromatic heterocycles. The SMILES string of the molecule is O=C(c1ccccn1)N1CCN=C1Cc1ccccc1. The molecule has 100 valence electrons. The van der Waals surface area contributed by atoms with Crippen molar-refractivity contribution >= 4 is 11.7 Å². The lowest BCUT2D eigenvalue weighted by molar-refractivity contribution is 0.0851. The Labute approximate surface area is 117 Å². The van der Waals surface area contributed by atoms with Gasteiger partial charge in [-0.3, -0.25) is 19.7 Å². The number of carbonyl (C=O) groups is 1. The molecule has 0 saturated carbocycles. The van der Waals surface area contributed by atoms with Crippen molar-refractivity contribution in [1.82, 2.24) is 9.88 Å². The van der Waals surface area contributed by atoms with Gasteiger partial charge in [0.2, 0.25) is 0 Å². The van der Waals surface area contributed by atoms with Crippen molar-refractivity contribution in [3.05, 3.63) is 66.0 Å². The second-order valence-electron chi connectivity index (χ2n) is 4.63. The number of amidine groups is 1. The Kier molecular flexibility index (Phi) is 3.54. The summed E-state index contributed by atoms with van der Waals surface area (Å²) in [5.41, 5.74) is 1.63. The van der Waals surface area contributed by atoms with E-state index in [1.807, 2.05) is 36.4 Å². The standard InChI is InChI=1S/C16H15N3O/c20-16(14-8-4-5-9-17-14)19-11-10-18-15(19)12-13-6-2-1-3-7-13/h1-9H,10-12H2. The molecule has 0 N–H and O–H groups in total. The van der Waals surface area contributed by atoms with Gasteiger partial charge in [0, 0.05) is 19.2 Å². The van der Waals surface area contributed by atoms with Gasteiger partial charge in [0.15, 0.2) is 0 Å². The van der Waals surface area contributed by atoms with Gasteiger partial charge in [-0.2, -0.15) is 0 Å². The molecule has 0 spiro atoms. The van der Waals surface area contributed by atoms with E-state index in [1.54, 1.807) is 23.2 Å². The van der Waals surface area contributed by atoms with Gasteiger partial charge in [0.05, 0.1) is 6.54 Å². The number of carbonyl (C=O) groups excluding carboxylic acids is 1. The predicted molar refractivity (Wildman–Crippen MR) is 77.7 cm³/mol. The lowest BCUT2D eigenvalue weighted by atomic mass is 10.1. The summed E-state index contributed by atoms with van der Waals surface area (Å²) in [7, 11) is 0. The van der Waals surface area contributed by atoms with Crippen LogP contribution in [0.5, 0.6) is 0 Å². The third-order valence-electron chi connectivity index (χ3n) is 3.26. The van der Waals surface area contributed by atoms with Crippen LogP contribution in [0.2, 0.25) is 0 Å². The highest BCUT2D eigenvalue weighted by Crippen LogP contribution is 2.12. The summed E-state index contributed by atoms with van der Waals surface area (Å²) >= 11 is 0. The fraction of sp³-hybridized carbons (Fsp3) is 0.188. The summed E-state index contributed by atoms with van der Waals surface area (Å²) in [5, 5.41) is 0. The van der Waals surface area contributed by atoms with Crippen molar-refractivity contribution in [2.24, 2.45) is 4.99 Å². The summed E-state index contributed by atoms with van der Waals surface area (Å²) < 4.78 is 0. The van der Waals surface area contributed by atoms with E-state index in [2.05, 4.69) is 9.98 Å². The summed E-state index contributed by atoms with van der Waals surface area (Å²) in [5.74, 6) is 0.754. The first kappa shape index (κ1) is 12.5.